The quantitative estimate of drug-likeness (QED) is 0.220. The number of anilines is 1. The van der Waals surface area contributed by atoms with E-state index in [0.29, 0.717) is 16.5 Å². The van der Waals surface area contributed by atoms with Gasteiger partial charge in [0, 0.05) is 10.6 Å². The Kier molecular flexibility index (Phi) is 8.14. The van der Waals surface area contributed by atoms with Crippen LogP contribution in [0, 0.1) is 33.6 Å². The van der Waals surface area contributed by atoms with Crippen molar-refractivity contribution in [2.24, 2.45) is 5.92 Å². The summed E-state index contributed by atoms with van der Waals surface area (Å²) in [4.78, 5) is 46.3. The summed E-state index contributed by atoms with van der Waals surface area (Å²) in [6, 6.07) is 11.7. The molecule has 5 rings (SSSR count). The van der Waals surface area contributed by atoms with Gasteiger partial charge in [-0.3, -0.25) is 19.0 Å². The van der Waals surface area contributed by atoms with Crippen LogP contribution in [-0.4, -0.2) is 33.7 Å². The number of para-hydroxylation sites is 1. The zero-order valence-corrected chi connectivity index (χ0v) is 25.1. The number of thioether (sulfide) groups is 1. The summed E-state index contributed by atoms with van der Waals surface area (Å²) in [7, 11) is 0. The highest BCUT2D eigenvalue weighted by Gasteiger charge is 2.26. The first-order chi connectivity index (χ1) is 19.1. The fourth-order valence-corrected chi connectivity index (χ4v) is 7.68. The second-order valence-electron chi connectivity index (χ2n) is 10.7. The van der Waals surface area contributed by atoms with Crippen LogP contribution in [0.2, 0.25) is 0 Å². The van der Waals surface area contributed by atoms with Gasteiger partial charge in [-0.1, -0.05) is 54.6 Å². The maximum Gasteiger partial charge on any atom is 0.267 e. The monoisotopic (exact) mass is 574 g/mol. The predicted molar refractivity (Wildman–Crippen MR) is 164 cm³/mol. The SMILES string of the molecule is Cc1cc(C)c(NC(=O)CNC(=O)CSc2nc3sc4c(c3c(=O)n2-c2ccccc2C)CC[C@@H](C)C4)c(C)c1. The van der Waals surface area contributed by atoms with Crippen LogP contribution in [0.4, 0.5) is 5.69 Å². The number of benzene rings is 2. The van der Waals surface area contributed by atoms with Crippen molar-refractivity contribution in [3.8, 4) is 5.69 Å². The van der Waals surface area contributed by atoms with Gasteiger partial charge in [0.1, 0.15) is 4.83 Å². The van der Waals surface area contributed by atoms with Crippen molar-refractivity contribution in [1.29, 1.82) is 0 Å². The molecule has 1 atom stereocenters. The Hall–Kier alpha value is -3.43. The highest BCUT2D eigenvalue weighted by atomic mass is 32.2. The van der Waals surface area contributed by atoms with E-state index in [-0.39, 0.29) is 29.7 Å². The summed E-state index contributed by atoms with van der Waals surface area (Å²) in [5, 5.41) is 6.80. The molecule has 2 N–H and O–H groups in total. The number of amides is 2. The third-order valence-corrected chi connectivity index (χ3v) is 9.46. The van der Waals surface area contributed by atoms with Crippen LogP contribution < -0.4 is 16.2 Å². The normalized spacial score (nSPS) is 14.7. The van der Waals surface area contributed by atoms with Crippen molar-refractivity contribution >= 4 is 50.8 Å². The third kappa shape index (κ3) is 5.71. The molecule has 2 amide bonds. The zero-order chi connectivity index (χ0) is 28.6. The van der Waals surface area contributed by atoms with Gasteiger partial charge < -0.3 is 10.6 Å². The largest absolute Gasteiger partial charge is 0.346 e. The number of nitrogens with zero attached hydrogens (tertiary/aromatic N) is 2. The van der Waals surface area contributed by atoms with Crippen LogP contribution in [-0.2, 0) is 22.4 Å². The summed E-state index contributed by atoms with van der Waals surface area (Å²) in [6.07, 6.45) is 2.92. The fraction of sp³-hybridized carbons (Fsp3) is 0.355. The first kappa shape index (κ1) is 28.1. The maximum atomic E-state index is 14.0. The Morgan fingerprint density at radius 1 is 1.07 bits per heavy atom. The van der Waals surface area contributed by atoms with Crippen LogP contribution in [0.1, 0.15) is 46.0 Å². The number of hydrogen-bond donors (Lipinski definition) is 2. The van der Waals surface area contributed by atoms with Crippen LogP contribution in [0.15, 0.2) is 46.3 Å². The molecule has 0 bridgehead atoms. The van der Waals surface area contributed by atoms with E-state index >= 15 is 0 Å². The van der Waals surface area contributed by atoms with Crippen LogP contribution in [0.3, 0.4) is 0 Å². The minimum atomic E-state index is -0.303. The Bertz CT molecular complexity index is 1670. The molecule has 0 spiro atoms. The van der Waals surface area contributed by atoms with E-state index in [1.807, 2.05) is 64.1 Å². The van der Waals surface area contributed by atoms with Crippen LogP contribution >= 0.6 is 23.1 Å². The molecule has 4 aromatic rings. The van der Waals surface area contributed by atoms with Crippen molar-refractivity contribution in [3.05, 3.63) is 79.4 Å². The van der Waals surface area contributed by atoms with E-state index in [4.69, 9.17) is 4.98 Å². The molecular formula is C31H34N4O3S2. The number of carbonyl (C=O) groups is 2. The number of fused-ring (bicyclic) bond motifs is 3. The standard InChI is InChI=1S/C31H34N4O3S2/c1-17-10-11-22-24(14-17)40-29-27(22)30(38)35(23-9-7-6-8-19(23)3)31(34-29)39-16-26(37)32-15-25(36)33-28-20(4)12-18(2)13-21(28)5/h6-9,12-13,17H,10-11,14-16H2,1-5H3,(H,32,37)(H,33,36)/t17-/m1/s1. The lowest BCUT2D eigenvalue weighted by atomic mass is 9.89. The van der Waals surface area contributed by atoms with Crippen molar-refractivity contribution < 1.29 is 9.59 Å². The smallest absolute Gasteiger partial charge is 0.267 e. The highest BCUT2D eigenvalue weighted by molar-refractivity contribution is 7.99. The summed E-state index contributed by atoms with van der Waals surface area (Å²) in [5.74, 6) is 0.0281. The summed E-state index contributed by atoms with van der Waals surface area (Å²) in [6.45, 7) is 9.99. The van der Waals surface area contributed by atoms with Crippen LogP contribution in [0.5, 0.6) is 0 Å². The van der Waals surface area contributed by atoms with Gasteiger partial charge in [0.05, 0.1) is 23.4 Å². The van der Waals surface area contributed by atoms with E-state index < -0.39 is 0 Å². The van der Waals surface area contributed by atoms with E-state index in [1.54, 1.807) is 15.9 Å². The van der Waals surface area contributed by atoms with Gasteiger partial charge in [0.25, 0.3) is 5.56 Å². The molecule has 0 saturated carbocycles. The number of carbonyl (C=O) groups excluding carboxylic acids is 2. The molecule has 9 heteroatoms. The number of aromatic nitrogens is 2. The summed E-state index contributed by atoms with van der Waals surface area (Å²) >= 11 is 2.81. The Labute approximate surface area is 242 Å². The van der Waals surface area contributed by atoms with Gasteiger partial charge >= 0.3 is 0 Å². The second kappa shape index (κ2) is 11.6. The van der Waals surface area contributed by atoms with Gasteiger partial charge in [-0.15, -0.1) is 11.3 Å². The number of hydrogen-bond acceptors (Lipinski definition) is 6. The van der Waals surface area contributed by atoms with Gasteiger partial charge in [0.2, 0.25) is 11.8 Å². The van der Waals surface area contributed by atoms with Crippen LogP contribution in [0.25, 0.3) is 15.9 Å². The average molecular weight is 575 g/mol. The summed E-state index contributed by atoms with van der Waals surface area (Å²) in [5.41, 5.74) is 6.62. The number of thiophene rings is 1. The Morgan fingerprint density at radius 2 is 1.80 bits per heavy atom. The van der Waals surface area contributed by atoms with Crippen molar-refractivity contribution in [1.82, 2.24) is 14.9 Å². The number of nitrogens with one attached hydrogen (secondary N) is 2. The van der Waals surface area contributed by atoms with E-state index in [1.165, 1.54) is 16.6 Å². The molecule has 2 heterocycles. The molecule has 2 aromatic carbocycles. The first-order valence-corrected chi connectivity index (χ1v) is 15.3. The molecule has 208 valence electrons. The lowest BCUT2D eigenvalue weighted by molar-refractivity contribution is -0.122. The number of rotatable bonds is 7. The predicted octanol–water partition coefficient (Wildman–Crippen LogP) is 5.65. The fourth-order valence-electron chi connectivity index (χ4n) is 5.42. The third-order valence-electron chi connectivity index (χ3n) is 7.37. The molecule has 2 aromatic heterocycles. The van der Waals surface area contributed by atoms with E-state index in [0.717, 1.165) is 63.3 Å². The molecule has 0 saturated heterocycles. The molecule has 1 aliphatic carbocycles. The second-order valence-corrected chi connectivity index (χ2v) is 12.8. The molecule has 1 aliphatic rings. The maximum absolute atomic E-state index is 14.0. The summed E-state index contributed by atoms with van der Waals surface area (Å²) < 4.78 is 1.65. The topological polar surface area (TPSA) is 93.1 Å². The van der Waals surface area contributed by atoms with E-state index in [2.05, 4.69) is 17.6 Å². The van der Waals surface area contributed by atoms with Gasteiger partial charge in [0.15, 0.2) is 5.16 Å². The average Bonchev–Trinajstić information content (AvgIpc) is 3.26. The lowest BCUT2D eigenvalue weighted by Crippen LogP contribution is -2.34. The minimum Gasteiger partial charge on any atom is -0.346 e. The highest BCUT2D eigenvalue weighted by Crippen LogP contribution is 2.37. The number of aryl methyl sites for hydroxylation is 5. The van der Waals surface area contributed by atoms with Crippen molar-refractivity contribution in [2.75, 3.05) is 17.6 Å². The lowest BCUT2D eigenvalue weighted by Gasteiger charge is -2.18. The van der Waals surface area contributed by atoms with Gasteiger partial charge in [-0.05, 0) is 81.2 Å². The Morgan fingerprint density at radius 3 is 2.52 bits per heavy atom. The van der Waals surface area contributed by atoms with Crippen molar-refractivity contribution in [2.45, 2.75) is 59.0 Å². The molecule has 0 unspecified atom stereocenters. The molecule has 0 aliphatic heterocycles. The molecule has 7 nitrogen and oxygen atoms in total. The van der Waals surface area contributed by atoms with E-state index in [9.17, 15) is 14.4 Å². The van der Waals surface area contributed by atoms with Crippen molar-refractivity contribution in [3.63, 3.8) is 0 Å². The minimum absolute atomic E-state index is 0.0296. The zero-order valence-electron chi connectivity index (χ0n) is 23.5. The molecular weight excluding hydrogens is 541 g/mol. The van der Waals surface area contributed by atoms with Gasteiger partial charge in [-0.25, -0.2) is 4.98 Å². The molecule has 40 heavy (non-hydrogen) atoms. The Balaban J connectivity index is 1.36. The molecule has 0 radical (unpaired) electrons. The first-order valence-electron chi connectivity index (χ1n) is 13.5. The van der Waals surface area contributed by atoms with Gasteiger partial charge in [-0.2, -0.15) is 0 Å². The molecule has 0 fully saturated rings.